The summed E-state index contributed by atoms with van der Waals surface area (Å²) in [7, 11) is 0. The molecule has 4 heterocycles. The van der Waals surface area contributed by atoms with E-state index in [1.54, 1.807) is 24.8 Å². The lowest BCUT2D eigenvalue weighted by molar-refractivity contribution is 0.173. The first-order valence-electron chi connectivity index (χ1n) is 9.23. The summed E-state index contributed by atoms with van der Waals surface area (Å²) in [5.41, 5.74) is 0. The predicted molar refractivity (Wildman–Crippen MR) is 103 cm³/mol. The van der Waals surface area contributed by atoms with Gasteiger partial charge in [0, 0.05) is 62.7 Å². The Labute approximate surface area is 162 Å². The Morgan fingerprint density at radius 1 is 0.500 bits per heavy atom. The second kappa shape index (κ2) is 9.11. The minimum atomic E-state index is 0.725. The van der Waals surface area contributed by atoms with Crippen LogP contribution in [0, 0.1) is 0 Å². The predicted octanol–water partition coefficient (Wildman–Crippen LogP) is 1.28. The number of rotatable bonds is 11. The molecule has 4 aromatic heterocycles. The van der Waals surface area contributed by atoms with Crippen LogP contribution in [0.15, 0.2) is 49.6 Å². The lowest BCUT2D eigenvalue weighted by atomic mass is 10.3. The lowest BCUT2D eigenvalue weighted by Gasteiger charge is -2.26. The number of hydrogen-bond acceptors (Lipinski definition) is 6. The number of nitrogens with one attached hydrogen (secondary N) is 4. The molecular formula is C18H24N10. The summed E-state index contributed by atoms with van der Waals surface area (Å²) in [6.07, 6.45) is 14.5. The molecule has 0 saturated heterocycles. The van der Waals surface area contributed by atoms with Crippen molar-refractivity contribution in [3.05, 3.63) is 72.9 Å². The fraction of sp³-hybridized carbons (Fsp3) is 0.333. The van der Waals surface area contributed by atoms with Crippen molar-refractivity contribution in [3.8, 4) is 0 Å². The first-order valence-corrected chi connectivity index (χ1v) is 9.23. The summed E-state index contributed by atoms with van der Waals surface area (Å²) in [4.78, 5) is 34.8. The molecule has 0 amide bonds. The smallest absolute Gasteiger partial charge is 0.120 e. The minimum absolute atomic E-state index is 0.725. The average molecular weight is 380 g/mol. The zero-order chi connectivity index (χ0) is 19.0. The van der Waals surface area contributed by atoms with Crippen LogP contribution in [0.3, 0.4) is 0 Å². The zero-order valence-electron chi connectivity index (χ0n) is 15.5. The Bertz CT molecular complexity index is 732. The standard InChI is InChI=1S/C18H24N10/c1-2-20-15(19-1)11-27(12-16-21-3-4-22-16)9-10-28(13-17-23-5-6-24-17)14-18-25-7-8-26-18/h1-8H,9-14H2,(H,19,20)(H,21,22)(H,23,24)(H,25,26). The van der Waals surface area contributed by atoms with Crippen molar-refractivity contribution >= 4 is 0 Å². The summed E-state index contributed by atoms with van der Waals surface area (Å²) >= 11 is 0. The van der Waals surface area contributed by atoms with E-state index in [9.17, 15) is 0 Å². The van der Waals surface area contributed by atoms with Gasteiger partial charge in [-0.25, -0.2) is 19.9 Å². The Morgan fingerprint density at radius 3 is 1.00 bits per heavy atom. The highest BCUT2D eigenvalue weighted by atomic mass is 15.2. The SMILES string of the molecule is c1c[nH]c(CN(CCN(Cc2ncc[nH]2)Cc2ncc[nH]2)Cc2ncc[nH]2)n1. The molecule has 4 N–H and O–H groups in total. The van der Waals surface area contributed by atoms with Crippen molar-refractivity contribution in [2.75, 3.05) is 13.1 Å². The van der Waals surface area contributed by atoms with Gasteiger partial charge in [-0.1, -0.05) is 0 Å². The molecule has 10 heteroatoms. The Hall–Kier alpha value is -3.24. The number of aromatic amines is 4. The number of nitrogens with zero attached hydrogens (tertiary/aromatic N) is 6. The van der Waals surface area contributed by atoms with E-state index < -0.39 is 0 Å². The van der Waals surface area contributed by atoms with Gasteiger partial charge in [-0.05, 0) is 0 Å². The molecule has 4 aromatic rings. The van der Waals surface area contributed by atoms with Crippen LogP contribution >= 0.6 is 0 Å². The first kappa shape index (κ1) is 18.1. The molecule has 0 aliphatic heterocycles. The molecule has 28 heavy (non-hydrogen) atoms. The lowest BCUT2D eigenvalue weighted by Crippen LogP contribution is -2.35. The number of imidazole rings is 4. The van der Waals surface area contributed by atoms with Crippen molar-refractivity contribution in [2.45, 2.75) is 26.2 Å². The minimum Gasteiger partial charge on any atom is -0.348 e. The molecule has 0 aliphatic carbocycles. The van der Waals surface area contributed by atoms with E-state index in [0.29, 0.717) is 0 Å². The highest BCUT2D eigenvalue weighted by Gasteiger charge is 2.15. The average Bonchev–Trinajstić information content (AvgIpc) is 3.47. The highest BCUT2D eigenvalue weighted by molar-refractivity contribution is 4.93. The van der Waals surface area contributed by atoms with E-state index in [2.05, 4.69) is 49.7 Å². The van der Waals surface area contributed by atoms with Gasteiger partial charge in [0.05, 0.1) is 26.2 Å². The maximum atomic E-state index is 4.36. The van der Waals surface area contributed by atoms with Crippen LogP contribution in [0.5, 0.6) is 0 Å². The summed E-state index contributed by atoms with van der Waals surface area (Å²) in [6.45, 7) is 4.60. The number of H-pyrrole nitrogens is 4. The maximum absolute atomic E-state index is 4.36. The van der Waals surface area contributed by atoms with Crippen molar-refractivity contribution in [1.29, 1.82) is 0 Å². The van der Waals surface area contributed by atoms with Crippen LogP contribution in [-0.2, 0) is 26.2 Å². The third-order valence-corrected chi connectivity index (χ3v) is 4.45. The van der Waals surface area contributed by atoms with Gasteiger partial charge in [-0.15, -0.1) is 0 Å². The summed E-state index contributed by atoms with van der Waals surface area (Å²) in [5.74, 6) is 3.76. The molecule has 0 unspecified atom stereocenters. The van der Waals surface area contributed by atoms with Crippen LogP contribution in [0.2, 0.25) is 0 Å². The first-order chi connectivity index (χ1) is 13.8. The number of aromatic nitrogens is 8. The Kier molecular flexibility index (Phi) is 5.90. The maximum Gasteiger partial charge on any atom is 0.120 e. The van der Waals surface area contributed by atoms with Gasteiger partial charge in [-0.2, -0.15) is 0 Å². The Morgan fingerprint density at radius 2 is 0.786 bits per heavy atom. The largest absolute Gasteiger partial charge is 0.348 e. The van der Waals surface area contributed by atoms with Crippen LogP contribution < -0.4 is 0 Å². The van der Waals surface area contributed by atoms with E-state index in [1.165, 1.54) is 0 Å². The van der Waals surface area contributed by atoms with Crippen LogP contribution in [-0.4, -0.2) is 62.8 Å². The van der Waals surface area contributed by atoms with Gasteiger partial charge in [0.1, 0.15) is 23.3 Å². The molecule has 0 aromatic carbocycles. The topological polar surface area (TPSA) is 121 Å². The van der Waals surface area contributed by atoms with E-state index in [4.69, 9.17) is 0 Å². The quantitative estimate of drug-likeness (QED) is 0.311. The van der Waals surface area contributed by atoms with Crippen molar-refractivity contribution < 1.29 is 0 Å². The van der Waals surface area contributed by atoms with Crippen LogP contribution in [0.25, 0.3) is 0 Å². The van der Waals surface area contributed by atoms with Gasteiger partial charge in [0.25, 0.3) is 0 Å². The molecule has 0 radical (unpaired) electrons. The molecule has 0 aliphatic rings. The molecule has 10 nitrogen and oxygen atoms in total. The molecule has 4 rings (SSSR count). The third-order valence-electron chi connectivity index (χ3n) is 4.45. The third kappa shape index (κ3) is 5.15. The monoisotopic (exact) mass is 380 g/mol. The molecule has 0 saturated carbocycles. The fourth-order valence-electron chi connectivity index (χ4n) is 3.10. The molecular weight excluding hydrogens is 356 g/mol. The second-order valence-electron chi connectivity index (χ2n) is 6.56. The summed E-state index contributed by atoms with van der Waals surface area (Å²) in [5, 5.41) is 0. The fourth-order valence-corrected chi connectivity index (χ4v) is 3.10. The molecule has 146 valence electrons. The second-order valence-corrected chi connectivity index (χ2v) is 6.56. The zero-order valence-corrected chi connectivity index (χ0v) is 15.5. The van der Waals surface area contributed by atoms with Gasteiger partial charge in [0.15, 0.2) is 0 Å². The normalized spacial score (nSPS) is 11.6. The van der Waals surface area contributed by atoms with Gasteiger partial charge in [-0.3, -0.25) is 9.80 Å². The van der Waals surface area contributed by atoms with Gasteiger partial charge in [0.2, 0.25) is 0 Å². The van der Waals surface area contributed by atoms with Gasteiger partial charge < -0.3 is 19.9 Å². The summed E-state index contributed by atoms with van der Waals surface area (Å²) < 4.78 is 0. The van der Waals surface area contributed by atoms with Crippen LogP contribution in [0.1, 0.15) is 23.3 Å². The van der Waals surface area contributed by atoms with E-state index >= 15 is 0 Å². The molecule has 0 bridgehead atoms. The molecule has 0 atom stereocenters. The molecule has 0 fully saturated rings. The van der Waals surface area contributed by atoms with Crippen molar-refractivity contribution in [3.63, 3.8) is 0 Å². The van der Waals surface area contributed by atoms with Crippen LogP contribution in [0.4, 0.5) is 0 Å². The highest BCUT2D eigenvalue weighted by Crippen LogP contribution is 2.08. The van der Waals surface area contributed by atoms with Gasteiger partial charge >= 0.3 is 0 Å². The number of hydrogen-bond donors (Lipinski definition) is 4. The van der Waals surface area contributed by atoms with E-state index in [-0.39, 0.29) is 0 Å². The van der Waals surface area contributed by atoms with E-state index in [0.717, 1.165) is 62.6 Å². The Balaban J connectivity index is 1.41. The van der Waals surface area contributed by atoms with E-state index in [1.807, 2.05) is 24.8 Å². The summed E-state index contributed by atoms with van der Waals surface area (Å²) in [6, 6.07) is 0. The van der Waals surface area contributed by atoms with Crippen molar-refractivity contribution in [1.82, 2.24) is 49.7 Å². The molecule has 0 spiro atoms. The van der Waals surface area contributed by atoms with Crippen molar-refractivity contribution in [2.24, 2.45) is 0 Å².